The first-order chi connectivity index (χ1) is 7.16. The predicted molar refractivity (Wildman–Crippen MR) is 54.0 cm³/mol. The van der Waals surface area contributed by atoms with Crippen molar-refractivity contribution >= 4 is 0 Å². The zero-order chi connectivity index (χ0) is 12.6. The van der Waals surface area contributed by atoms with Gasteiger partial charge in [-0.15, -0.1) is 0 Å². The van der Waals surface area contributed by atoms with Crippen molar-refractivity contribution in [2.75, 3.05) is 0 Å². The maximum atomic E-state index is 12.6. The van der Waals surface area contributed by atoms with Crippen molar-refractivity contribution in [2.45, 2.75) is 38.5 Å². The summed E-state index contributed by atoms with van der Waals surface area (Å²) in [6.45, 7) is 4.36. The highest BCUT2D eigenvalue weighted by Crippen LogP contribution is 2.37. The van der Waals surface area contributed by atoms with E-state index in [2.05, 4.69) is 4.98 Å². The van der Waals surface area contributed by atoms with Crippen LogP contribution in [0.3, 0.4) is 0 Å². The monoisotopic (exact) mass is 233 g/mol. The molecule has 2 nitrogen and oxygen atoms in total. The van der Waals surface area contributed by atoms with Gasteiger partial charge in [-0.2, -0.15) is 13.2 Å². The number of pyridine rings is 1. The summed E-state index contributed by atoms with van der Waals surface area (Å²) < 4.78 is 37.7. The highest BCUT2D eigenvalue weighted by molar-refractivity contribution is 5.19. The van der Waals surface area contributed by atoms with Crippen molar-refractivity contribution in [3.63, 3.8) is 0 Å². The lowest BCUT2D eigenvalue weighted by molar-refractivity contribution is -0.260. The molecule has 1 heterocycles. The number of hydrogen-bond acceptors (Lipinski definition) is 2. The fourth-order valence-corrected chi connectivity index (χ4v) is 1.19. The Morgan fingerprint density at radius 3 is 2.25 bits per heavy atom. The molecule has 0 saturated heterocycles. The SMILES string of the molecule is CC(C)c1cccc(C(C)(O)C(F)(F)F)n1. The first-order valence-corrected chi connectivity index (χ1v) is 4.93. The van der Waals surface area contributed by atoms with Crippen molar-refractivity contribution in [3.8, 4) is 0 Å². The average Bonchev–Trinajstić information content (AvgIpc) is 2.16. The van der Waals surface area contributed by atoms with Crippen LogP contribution in [0.25, 0.3) is 0 Å². The summed E-state index contributed by atoms with van der Waals surface area (Å²) in [5.41, 5.74) is -2.74. The Morgan fingerprint density at radius 2 is 1.81 bits per heavy atom. The quantitative estimate of drug-likeness (QED) is 0.851. The van der Waals surface area contributed by atoms with Crippen molar-refractivity contribution < 1.29 is 18.3 Å². The molecule has 1 rings (SSSR count). The summed E-state index contributed by atoms with van der Waals surface area (Å²) in [5, 5.41) is 9.44. The minimum atomic E-state index is -4.73. The smallest absolute Gasteiger partial charge is 0.375 e. The molecule has 0 aromatic carbocycles. The Hall–Kier alpha value is -1.10. The van der Waals surface area contributed by atoms with Crippen LogP contribution in [0.2, 0.25) is 0 Å². The average molecular weight is 233 g/mol. The van der Waals surface area contributed by atoms with Gasteiger partial charge < -0.3 is 5.11 Å². The minimum Gasteiger partial charge on any atom is -0.375 e. The van der Waals surface area contributed by atoms with Crippen molar-refractivity contribution in [3.05, 3.63) is 29.6 Å². The molecule has 5 heteroatoms. The van der Waals surface area contributed by atoms with E-state index in [9.17, 15) is 18.3 Å². The second-order valence-electron chi connectivity index (χ2n) is 4.17. The summed E-state index contributed by atoms with van der Waals surface area (Å²) in [6, 6.07) is 4.29. The van der Waals surface area contributed by atoms with Gasteiger partial charge >= 0.3 is 6.18 Å². The number of hydrogen-bond donors (Lipinski definition) is 1. The molecular formula is C11H14F3NO. The van der Waals surface area contributed by atoms with Gasteiger partial charge in [-0.1, -0.05) is 19.9 Å². The first kappa shape index (κ1) is 13.0. The Morgan fingerprint density at radius 1 is 1.25 bits per heavy atom. The van der Waals surface area contributed by atoms with Crippen LogP contribution < -0.4 is 0 Å². The molecule has 0 aliphatic carbocycles. The van der Waals surface area contributed by atoms with Gasteiger partial charge in [-0.25, -0.2) is 0 Å². The highest BCUT2D eigenvalue weighted by Gasteiger charge is 2.52. The van der Waals surface area contributed by atoms with E-state index in [1.165, 1.54) is 12.1 Å². The molecule has 1 unspecified atom stereocenters. The van der Waals surface area contributed by atoms with Crippen LogP contribution in [0.4, 0.5) is 13.2 Å². The molecule has 0 spiro atoms. The Bertz CT molecular complexity index is 372. The Labute approximate surface area is 92.1 Å². The molecule has 1 atom stereocenters. The van der Waals surface area contributed by atoms with Gasteiger partial charge in [0.1, 0.15) is 0 Å². The van der Waals surface area contributed by atoms with Gasteiger partial charge in [-0.05, 0) is 25.0 Å². The molecule has 1 aromatic rings. The summed E-state index contributed by atoms with van der Waals surface area (Å²) in [5.74, 6) is 0.0176. The third kappa shape index (κ3) is 2.35. The lowest BCUT2D eigenvalue weighted by Crippen LogP contribution is -2.40. The predicted octanol–water partition coefficient (Wildman–Crippen LogP) is 2.97. The van der Waals surface area contributed by atoms with Gasteiger partial charge in [0.05, 0.1) is 5.69 Å². The molecular weight excluding hydrogens is 219 g/mol. The second-order valence-corrected chi connectivity index (χ2v) is 4.17. The van der Waals surface area contributed by atoms with Gasteiger partial charge in [-0.3, -0.25) is 4.98 Å². The fourth-order valence-electron chi connectivity index (χ4n) is 1.19. The van der Waals surface area contributed by atoms with E-state index in [1.807, 2.05) is 13.8 Å². The molecule has 16 heavy (non-hydrogen) atoms. The topological polar surface area (TPSA) is 33.1 Å². The number of alkyl halides is 3. The van der Waals surface area contributed by atoms with E-state index >= 15 is 0 Å². The number of aliphatic hydroxyl groups is 1. The minimum absolute atomic E-state index is 0.0176. The van der Waals surface area contributed by atoms with Gasteiger partial charge in [0.25, 0.3) is 0 Å². The number of nitrogens with zero attached hydrogens (tertiary/aromatic N) is 1. The van der Waals surface area contributed by atoms with E-state index in [1.54, 1.807) is 6.07 Å². The Balaban J connectivity index is 3.19. The van der Waals surface area contributed by atoms with E-state index in [-0.39, 0.29) is 11.6 Å². The molecule has 0 saturated carbocycles. The van der Waals surface area contributed by atoms with E-state index in [0.717, 1.165) is 0 Å². The van der Waals surface area contributed by atoms with Crippen LogP contribution in [0, 0.1) is 0 Å². The van der Waals surface area contributed by atoms with Crippen LogP contribution in [0.1, 0.15) is 38.1 Å². The summed E-state index contributed by atoms with van der Waals surface area (Å²) >= 11 is 0. The number of halogens is 3. The van der Waals surface area contributed by atoms with Crippen LogP contribution >= 0.6 is 0 Å². The molecule has 1 N–H and O–H groups in total. The normalized spacial score (nSPS) is 16.2. The van der Waals surface area contributed by atoms with Crippen LogP contribution in [-0.4, -0.2) is 16.3 Å². The zero-order valence-corrected chi connectivity index (χ0v) is 9.34. The van der Waals surface area contributed by atoms with Crippen molar-refractivity contribution in [1.29, 1.82) is 0 Å². The fraction of sp³-hybridized carbons (Fsp3) is 0.545. The Kier molecular flexibility index (Phi) is 3.28. The van der Waals surface area contributed by atoms with Crippen molar-refractivity contribution in [1.82, 2.24) is 4.98 Å². The molecule has 0 bridgehead atoms. The van der Waals surface area contributed by atoms with Crippen LogP contribution in [-0.2, 0) is 5.60 Å². The third-order valence-electron chi connectivity index (χ3n) is 2.41. The highest BCUT2D eigenvalue weighted by atomic mass is 19.4. The molecule has 1 aromatic heterocycles. The van der Waals surface area contributed by atoms with Gasteiger partial charge in [0.15, 0.2) is 5.60 Å². The van der Waals surface area contributed by atoms with Crippen LogP contribution in [0.15, 0.2) is 18.2 Å². The molecule has 0 aliphatic heterocycles. The van der Waals surface area contributed by atoms with E-state index in [4.69, 9.17) is 0 Å². The van der Waals surface area contributed by atoms with Gasteiger partial charge in [0, 0.05) is 5.69 Å². The number of rotatable bonds is 2. The zero-order valence-electron chi connectivity index (χ0n) is 9.34. The summed E-state index contributed by atoms with van der Waals surface area (Å²) in [7, 11) is 0. The largest absolute Gasteiger partial charge is 0.422 e. The summed E-state index contributed by atoms with van der Waals surface area (Å²) in [6.07, 6.45) is -4.73. The standard InChI is InChI=1S/C11H14F3NO/c1-7(2)8-5-4-6-9(15-8)10(3,16)11(12,13)14/h4-7,16H,1-3H3. The second kappa shape index (κ2) is 4.05. The molecule has 0 amide bonds. The lowest BCUT2D eigenvalue weighted by Gasteiger charge is -2.26. The van der Waals surface area contributed by atoms with Crippen molar-refractivity contribution in [2.24, 2.45) is 0 Å². The maximum Gasteiger partial charge on any atom is 0.422 e. The molecule has 0 radical (unpaired) electrons. The molecule has 0 fully saturated rings. The van der Waals surface area contributed by atoms with Crippen LogP contribution in [0.5, 0.6) is 0 Å². The maximum absolute atomic E-state index is 12.6. The number of aromatic nitrogens is 1. The first-order valence-electron chi connectivity index (χ1n) is 4.93. The third-order valence-corrected chi connectivity index (χ3v) is 2.41. The van der Waals surface area contributed by atoms with E-state index in [0.29, 0.717) is 12.6 Å². The summed E-state index contributed by atoms with van der Waals surface area (Å²) in [4.78, 5) is 3.84. The molecule has 90 valence electrons. The van der Waals surface area contributed by atoms with E-state index < -0.39 is 11.8 Å². The van der Waals surface area contributed by atoms with Gasteiger partial charge in [0.2, 0.25) is 0 Å². The molecule has 0 aliphatic rings. The lowest BCUT2D eigenvalue weighted by atomic mass is 9.99.